The molecule has 0 saturated carbocycles. The van der Waals surface area contributed by atoms with Crippen LogP contribution in [0, 0.1) is 0 Å². The molecule has 0 bridgehead atoms. The number of rotatable bonds is 3. The summed E-state index contributed by atoms with van der Waals surface area (Å²) in [4.78, 5) is 25.1. The van der Waals surface area contributed by atoms with Gasteiger partial charge in [-0.15, -0.1) is 0 Å². The fourth-order valence-electron chi connectivity index (χ4n) is 3.43. The highest BCUT2D eigenvalue weighted by Crippen LogP contribution is 2.22. The minimum atomic E-state index is -0.483. The van der Waals surface area contributed by atoms with Gasteiger partial charge in [0.05, 0.1) is 18.2 Å². The van der Waals surface area contributed by atoms with E-state index in [1.807, 2.05) is 24.3 Å². The number of carbonyl (C=O) groups excluding carboxylic acids is 2. The number of hydrogen-bond donors (Lipinski definition) is 1. The van der Waals surface area contributed by atoms with Gasteiger partial charge in [-0.3, -0.25) is 4.79 Å². The van der Waals surface area contributed by atoms with Crippen molar-refractivity contribution in [3.05, 3.63) is 80.7 Å². The molecule has 28 heavy (non-hydrogen) atoms. The van der Waals surface area contributed by atoms with E-state index in [1.54, 1.807) is 24.3 Å². The number of hydrogen-bond acceptors (Lipinski definition) is 4. The second-order valence-corrected chi connectivity index (χ2v) is 6.84. The molecular formula is C22H16ClN2O3. The Bertz CT molecular complexity index is 1250. The van der Waals surface area contributed by atoms with Crippen LogP contribution in [0.1, 0.15) is 21.5 Å². The van der Waals surface area contributed by atoms with Crippen LogP contribution in [0.5, 0.6) is 0 Å². The molecule has 2 N–H and O–H groups in total. The third-order valence-electron chi connectivity index (χ3n) is 4.82. The molecular weight excluding hydrogens is 376 g/mol. The van der Waals surface area contributed by atoms with Gasteiger partial charge in [-0.25, -0.2) is 10.1 Å². The molecule has 0 saturated heterocycles. The Kier molecular flexibility index (Phi) is 4.63. The van der Waals surface area contributed by atoms with Crippen LogP contribution in [-0.4, -0.2) is 19.0 Å². The molecule has 0 fully saturated rings. The van der Waals surface area contributed by atoms with Gasteiger partial charge < -0.3 is 10.5 Å². The summed E-state index contributed by atoms with van der Waals surface area (Å²) in [6, 6.07) is 14.3. The lowest BCUT2D eigenvalue weighted by Crippen LogP contribution is -2.39. The Balaban J connectivity index is 2.16. The maximum atomic E-state index is 12.7. The number of esters is 1. The highest BCUT2D eigenvalue weighted by Gasteiger charge is 2.21. The zero-order chi connectivity index (χ0) is 19.8. The number of amides is 1. The van der Waals surface area contributed by atoms with E-state index in [-0.39, 0.29) is 5.91 Å². The molecule has 1 radical (unpaired) electrons. The molecule has 3 aromatic carbocycles. The Hall–Kier alpha value is -3.15. The van der Waals surface area contributed by atoms with Gasteiger partial charge in [0.15, 0.2) is 0 Å². The van der Waals surface area contributed by atoms with E-state index >= 15 is 0 Å². The first-order valence-electron chi connectivity index (χ1n) is 8.63. The third kappa shape index (κ3) is 2.95. The lowest BCUT2D eigenvalue weighted by Gasteiger charge is -2.14. The molecule has 1 aliphatic rings. The monoisotopic (exact) mass is 391 g/mol. The van der Waals surface area contributed by atoms with Gasteiger partial charge in [-0.05, 0) is 45.3 Å². The summed E-state index contributed by atoms with van der Waals surface area (Å²) in [6.07, 6.45) is 1.52. The quantitative estimate of drug-likeness (QED) is 0.690. The van der Waals surface area contributed by atoms with Gasteiger partial charge in [0.2, 0.25) is 0 Å². The standard InChI is InChI=1S/C22H16ClN2O3/c1-28-22(27)18-9-17-19(16-8-14(23)6-7-15(16)18)11-25-21(26)20(17)13-4-2-12(10-24)3-5-13/h2-9,11H,10,24H2,1H3. The Morgan fingerprint density at radius 3 is 2.54 bits per heavy atom. The Morgan fingerprint density at radius 1 is 1.11 bits per heavy atom. The van der Waals surface area contributed by atoms with Crippen molar-refractivity contribution in [3.8, 4) is 0 Å². The van der Waals surface area contributed by atoms with Crippen molar-refractivity contribution >= 4 is 46.0 Å². The zero-order valence-corrected chi connectivity index (χ0v) is 15.8. The molecule has 0 unspecified atom stereocenters. The topological polar surface area (TPSA) is 83.5 Å². The number of halogens is 1. The molecule has 0 aliphatic carbocycles. The van der Waals surface area contributed by atoms with Crippen LogP contribution in [0.15, 0.2) is 48.5 Å². The van der Waals surface area contributed by atoms with Gasteiger partial charge in [0.25, 0.3) is 5.91 Å². The third-order valence-corrected chi connectivity index (χ3v) is 5.05. The van der Waals surface area contributed by atoms with Crippen molar-refractivity contribution in [2.45, 2.75) is 6.54 Å². The van der Waals surface area contributed by atoms with Crippen LogP contribution in [0.3, 0.4) is 0 Å². The first-order chi connectivity index (χ1) is 13.5. The number of methoxy groups -OCH3 is 1. The maximum absolute atomic E-state index is 12.7. The summed E-state index contributed by atoms with van der Waals surface area (Å²) in [5, 5.41) is 7.37. The number of nitrogens with two attached hydrogens (primary N) is 1. The number of fused-ring (bicyclic) bond motifs is 3. The largest absolute Gasteiger partial charge is 0.465 e. The minimum absolute atomic E-state index is 0.368. The second kappa shape index (κ2) is 7.11. The highest BCUT2D eigenvalue weighted by atomic mass is 35.5. The van der Waals surface area contributed by atoms with Crippen molar-refractivity contribution in [2.24, 2.45) is 5.73 Å². The number of benzene rings is 3. The van der Waals surface area contributed by atoms with Crippen molar-refractivity contribution < 1.29 is 14.3 Å². The van der Waals surface area contributed by atoms with Gasteiger partial charge >= 0.3 is 5.97 Å². The highest BCUT2D eigenvalue weighted by molar-refractivity contribution is 6.31. The fourth-order valence-corrected chi connectivity index (χ4v) is 3.61. The average Bonchev–Trinajstić information content (AvgIpc) is 2.72. The predicted molar refractivity (Wildman–Crippen MR) is 108 cm³/mol. The number of carbonyl (C=O) groups is 2. The molecule has 1 amide bonds. The Labute approximate surface area is 166 Å². The first kappa shape index (κ1) is 18.2. The zero-order valence-electron chi connectivity index (χ0n) is 15.0. The van der Waals surface area contributed by atoms with Crippen LogP contribution in [-0.2, 0) is 16.1 Å². The molecule has 6 heteroatoms. The molecule has 1 heterocycles. The molecule has 3 aromatic rings. The fraction of sp³-hybridized carbons (Fsp3) is 0.0909. The summed E-state index contributed by atoms with van der Waals surface area (Å²) in [5.41, 5.74) is 8.12. The minimum Gasteiger partial charge on any atom is -0.465 e. The summed E-state index contributed by atoms with van der Waals surface area (Å²) >= 11 is 6.20. The van der Waals surface area contributed by atoms with Crippen LogP contribution < -0.4 is 21.5 Å². The maximum Gasteiger partial charge on any atom is 0.338 e. The van der Waals surface area contributed by atoms with Crippen LogP contribution in [0.4, 0.5) is 0 Å². The molecule has 4 rings (SSSR count). The van der Waals surface area contributed by atoms with Crippen molar-refractivity contribution in [1.29, 1.82) is 0 Å². The van der Waals surface area contributed by atoms with Crippen molar-refractivity contribution in [1.82, 2.24) is 5.32 Å². The molecule has 0 spiro atoms. The lowest BCUT2D eigenvalue weighted by atomic mass is 9.93. The Morgan fingerprint density at radius 2 is 1.86 bits per heavy atom. The van der Waals surface area contributed by atoms with E-state index in [9.17, 15) is 9.59 Å². The predicted octanol–water partition coefficient (Wildman–Crippen LogP) is 1.82. The molecule has 0 aromatic heterocycles. The van der Waals surface area contributed by atoms with Crippen molar-refractivity contribution in [2.75, 3.05) is 7.11 Å². The van der Waals surface area contributed by atoms with Crippen molar-refractivity contribution in [3.63, 3.8) is 0 Å². The van der Waals surface area contributed by atoms with Gasteiger partial charge in [-0.1, -0.05) is 41.9 Å². The summed E-state index contributed by atoms with van der Waals surface area (Å²) in [6.45, 7) is 0.411. The second-order valence-electron chi connectivity index (χ2n) is 6.41. The van der Waals surface area contributed by atoms with E-state index in [2.05, 4.69) is 5.32 Å². The summed E-state index contributed by atoms with van der Waals surface area (Å²) in [7, 11) is 1.33. The summed E-state index contributed by atoms with van der Waals surface area (Å²) in [5.74, 6) is -0.854. The van der Waals surface area contributed by atoms with E-state index in [1.165, 1.54) is 13.3 Å². The summed E-state index contributed by atoms with van der Waals surface area (Å²) < 4.78 is 4.95. The van der Waals surface area contributed by atoms with Gasteiger partial charge in [0.1, 0.15) is 0 Å². The molecule has 1 aliphatic heterocycles. The molecule has 139 valence electrons. The first-order valence-corrected chi connectivity index (χ1v) is 9.01. The van der Waals surface area contributed by atoms with Crippen LogP contribution in [0.2, 0.25) is 5.02 Å². The average molecular weight is 392 g/mol. The smallest absolute Gasteiger partial charge is 0.338 e. The molecule has 0 atom stereocenters. The lowest BCUT2D eigenvalue weighted by molar-refractivity contribution is -0.114. The van der Waals surface area contributed by atoms with Gasteiger partial charge in [-0.2, -0.15) is 0 Å². The van der Waals surface area contributed by atoms with E-state index in [4.69, 9.17) is 22.1 Å². The molecule has 5 nitrogen and oxygen atoms in total. The van der Waals surface area contributed by atoms with E-state index in [0.717, 1.165) is 16.2 Å². The van der Waals surface area contributed by atoms with E-state index in [0.29, 0.717) is 38.9 Å². The van der Waals surface area contributed by atoms with E-state index < -0.39 is 5.97 Å². The SMILES string of the molecule is COC(=O)c1cc2c(c3cc(Cl)ccc13)=C[N]C(=O)C=2c1ccc(CN)cc1. The number of ether oxygens (including phenoxy) is 1. The van der Waals surface area contributed by atoms with Crippen LogP contribution in [0.25, 0.3) is 22.5 Å². The van der Waals surface area contributed by atoms with Gasteiger partial charge in [0, 0.05) is 23.0 Å². The van der Waals surface area contributed by atoms with Crippen LogP contribution >= 0.6 is 11.6 Å². The normalized spacial score (nSPS) is 13.0. The number of nitrogens with zero attached hydrogens (tertiary/aromatic N) is 1.